The van der Waals surface area contributed by atoms with E-state index in [0.29, 0.717) is 13.0 Å². The molecule has 0 radical (unpaired) electrons. The van der Waals surface area contributed by atoms with Crippen molar-refractivity contribution in [2.45, 2.75) is 34.6 Å². The van der Waals surface area contributed by atoms with Crippen molar-refractivity contribution in [3.05, 3.63) is 96.6 Å². The monoisotopic (exact) mass is 637 g/mol. The van der Waals surface area contributed by atoms with Gasteiger partial charge in [0.2, 0.25) is 0 Å². The predicted octanol–water partition coefficient (Wildman–Crippen LogP) is -1.45. The van der Waals surface area contributed by atoms with Crippen LogP contribution in [0.1, 0.15) is 45.7 Å². The maximum Gasteiger partial charge on any atom is 1.00 e. The molecule has 43 heavy (non-hydrogen) atoms. The molecule has 0 bridgehead atoms. The standard InChI is InChI=1S/C12H13NO.C9H11N.C4H5O.C3H6O.C2H4O2.CH3O.ClH.2Na.H2O/c1-11(14)6-5-9-13-10-12-7-3-2-4-8-12;1-2-10-8-9-6-4-3-5-7-9;1-3-4(2)5;1-3(2)4;1-4-2-3;1-2;;;;/h2-8,10H,9H2,1H3;3-8H,2H2,1H3;1,3H,2H3;1-2H3;2H,1H3;1H3;1H;;;1H2/q;;-1;;;-1;;2*+1;/p-1/b6-5+,13-10?;;;;;;;;;. The van der Waals surface area contributed by atoms with Gasteiger partial charge in [-0.2, -0.15) is 7.11 Å². The summed E-state index contributed by atoms with van der Waals surface area (Å²) in [5, 5.41) is 8.25. The van der Waals surface area contributed by atoms with Crippen LogP contribution in [0.25, 0.3) is 0 Å². The minimum atomic E-state index is -0.0926. The third-order valence-electron chi connectivity index (χ3n) is 3.16. The molecular formula is C31H44ClN2Na2O7-. The van der Waals surface area contributed by atoms with Crippen molar-refractivity contribution in [1.82, 2.24) is 0 Å². The Bertz CT molecular complexity index is 971. The van der Waals surface area contributed by atoms with Crippen molar-refractivity contribution in [2.75, 3.05) is 27.3 Å². The van der Waals surface area contributed by atoms with Gasteiger partial charge in [0.1, 0.15) is 5.78 Å². The summed E-state index contributed by atoms with van der Waals surface area (Å²) >= 11 is 0. The Labute approximate surface area is 308 Å². The van der Waals surface area contributed by atoms with Crippen molar-refractivity contribution in [2.24, 2.45) is 9.98 Å². The third kappa shape index (κ3) is 68.7. The van der Waals surface area contributed by atoms with E-state index in [-0.39, 0.29) is 94.3 Å². The van der Waals surface area contributed by atoms with E-state index in [2.05, 4.69) is 14.7 Å². The molecule has 0 saturated heterocycles. The number of rotatable bonds is 8. The van der Waals surface area contributed by atoms with E-state index in [1.165, 1.54) is 46.4 Å². The summed E-state index contributed by atoms with van der Waals surface area (Å²) in [6.45, 7) is 14.5. The zero-order chi connectivity index (χ0) is 30.7. The predicted molar refractivity (Wildman–Crippen MR) is 167 cm³/mol. The van der Waals surface area contributed by atoms with Gasteiger partial charge in [-0.3, -0.25) is 26.2 Å². The van der Waals surface area contributed by atoms with Crippen LogP contribution in [0.3, 0.4) is 0 Å². The number of allylic oxidation sites excluding steroid dienone is 2. The van der Waals surface area contributed by atoms with Crippen molar-refractivity contribution >= 4 is 48.7 Å². The molecule has 9 nitrogen and oxygen atoms in total. The van der Waals surface area contributed by atoms with E-state index in [4.69, 9.17) is 16.5 Å². The average Bonchev–Trinajstić information content (AvgIpc) is 2.94. The number of nitrogens with zero attached hydrogens (tertiary/aromatic N) is 2. The van der Waals surface area contributed by atoms with E-state index < -0.39 is 0 Å². The van der Waals surface area contributed by atoms with Crippen molar-refractivity contribution in [3.63, 3.8) is 0 Å². The van der Waals surface area contributed by atoms with Gasteiger partial charge < -0.3 is 24.9 Å². The summed E-state index contributed by atoms with van der Waals surface area (Å²) < 4.78 is 3.86. The van der Waals surface area contributed by atoms with Crippen molar-refractivity contribution in [1.29, 1.82) is 0 Å². The molecule has 0 aliphatic rings. The zero-order valence-electron chi connectivity index (χ0n) is 26.9. The second-order valence-electron chi connectivity index (χ2n) is 6.97. The third-order valence-corrected chi connectivity index (χ3v) is 3.16. The van der Waals surface area contributed by atoms with Crippen LogP contribution >= 0.6 is 12.4 Å². The molecule has 0 amide bonds. The molecule has 0 atom stereocenters. The van der Waals surface area contributed by atoms with E-state index in [0.717, 1.165) is 25.3 Å². The molecule has 0 aromatic heterocycles. The average molecular weight is 638 g/mol. The number of methoxy groups -OCH3 is 1. The van der Waals surface area contributed by atoms with Crippen LogP contribution in [0.4, 0.5) is 0 Å². The van der Waals surface area contributed by atoms with E-state index in [9.17, 15) is 14.4 Å². The second-order valence-corrected chi connectivity index (χ2v) is 6.97. The Morgan fingerprint density at radius 3 is 1.40 bits per heavy atom. The first-order valence-corrected chi connectivity index (χ1v) is 11.8. The van der Waals surface area contributed by atoms with Gasteiger partial charge in [-0.1, -0.05) is 73.7 Å². The normalized spacial score (nSPS) is 8.09. The van der Waals surface area contributed by atoms with E-state index in [1.54, 1.807) is 12.3 Å². The fourth-order valence-electron chi connectivity index (χ4n) is 1.71. The Hall–Kier alpha value is -2.05. The van der Waals surface area contributed by atoms with Crippen LogP contribution in [0.15, 0.2) is 88.9 Å². The molecule has 0 unspecified atom stereocenters. The first-order valence-electron chi connectivity index (χ1n) is 11.8. The van der Waals surface area contributed by atoms with Gasteiger partial charge in [0, 0.05) is 19.0 Å². The molecule has 0 aliphatic carbocycles. The number of ketones is 3. The van der Waals surface area contributed by atoms with Gasteiger partial charge in [-0.15, -0.1) is 12.4 Å². The molecule has 2 aromatic carbocycles. The Morgan fingerprint density at radius 1 is 0.814 bits per heavy atom. The molecule has 0 saturated carbocycles. The van der Waals surface area contributed by atoms with Crippen molar-refractivity contribution < 1.29 is 93.6 Å². The molecule has 0 heterocycles. The number of hydrogen-bond donors (Lipinski definition) is 0. The molecule has 12 heteroatoms. The van der Waals surface area contributed by atoms with Gasteiger partial charge in [-0.25, -0.2) is 6.08 Å². The van der Waals surface area contributed by atoms with Gasteiger partial charge in [0.05, 0.1) is 13.7 Å². The van der Waals surface area contributed by atoms with Crippen molar-refractivity contribution in [3.8, 4) is 0 Å². The molecule has 0 fully saturated rings. The number of halogens is 1. The van der Waals surface area contributed by atoms with Crippen LogP contribution in [0, 0.1) is 6.58 Å². The maximum absolute atomic E-state index is 10.5. The fourth-order valence-corrected chi connectivity index (χ4v) is 1.71. The summed E-state index contributed by atoms with van der Waals surface area (Å²) in [5.74, 6) is 0.130. The minimum Gasteiger partial charge on any atom is -0.870 e. The number of aliphatic imine (C=N–C) groups is 2. The first-order chi connectivity index (χ1) is 18.6. The summed E-state index contributed by atoms with van der Waals surface area (Å²) in [4.78, 5) is 46.8. The van der Waals surface area contributed by atoms with Crippen LogP contribution in [0.2, 0.25) is 0 Å². The van der Waals surface area contributed by atoms with E-state index >= 15 is 0 Å². The number of hydrogen-bond acceptors (Lipinski definition) is 9. The summed E-state index contributed by atoms with van der Waals surface area (Å²) in [6.07, 6.45) is 7.99. The van der Waals surface area contributed by atoms with Gasteiger partial charge >= 0.3 is 59.1 Å². The van der Waals surface area contributed by atoms with Gasteiger partial charge in [0.15, 0.2) is 5.78 Å². The number of Topliss-reactive ketones (excluding diaryl/α,β-unsaturated/α-hetero) is 1. The van der Waals surface area contributed by atoms with Crippen LogP contribution in [-0.4, -0.2) is 69.0 Å². The topological polar surface area (TPSA) is 155 Å². The smallest absolute Gasteiger partial charge is 0.870 e. The molecule has 230 valence electrons. The molecule has 0 aliphatic heterocycles. The Balaban J connectivity index is -0.0000000624. The Morgan fingerprint density at radius 2 is 1.14 bits per heavy atom. The van der Waals surface area contributed by atoms with Crippen LogP contribution < -0.4 is 64.2 Å². The molecule has 0 spiro atoms. The summed E-state index contributed by atoms with van der Waals surface area (Å²) in [5.41, 5.74) is 2.24. The number of carbonyl (C=O) groups is 4. The fraction of sp³-hybridized carbons (Fsp3) is 0.290. The van der Waals surface area contributed by atoms with Gasteiger partial charge in [0.25, 0.3) is 6.47 Å². The summed E-state index contributed by atoms with van der Waals surface area (Å²) in [6, 6.07) is 20.0. The molecular weight excluding hydrogens is 594 g/mol. The molecule has 1 N–H and O–H groups in total. The minimum absolute atomic E-state index is 0. The second kappa shape index (κ2) is 52.6. The van der Waals surface area contributed by atoms with Crippen LogP contribution in [0.5, 0.6) is 0 Å². The quantitative estimate of drug-likeness (QED) is 0.113. The van der Waals surface area contributed by atoms with Gasteiger partial charge in [-0.05, 0) is 50.7 Å². The number of benzene rings is 2. The van der Waals surface area contributed by atoms with Crippen LogP contribution in [-0.2, 0) is 23.9 Å². The SMILES string of the molecule is CC(=O)/C=C/CN=Cc1ccccc1.CC(C)=O.CCN=Cc1ccccc1.COC=O.C[O-].Cl.[CH-]=CC(C)=O.[Na+].[Na+].[OH-]. The molecule has 2 rings (SSSR count). The number of carbonyl (C=O) groups excluding carboxylic acids is 4. The Kier molecular flexibility index (Phi) is 73.6. The van der Waals surface area contributed by atoms with E-state index in [1.807, 2.05) is 73.8 Å². The maximum atomic E-state index is 10.5. The largest absolute Gasteiger partial charge is 1.00 e. The first kappa shape index (κ1) is 60.2. The summed E-state index contributed by atoms with van der Waals surface area (Å²) in [7, 11) is 2.06. The zero-order valence-corrected chi connectivity index (χ0v) is 31.7. The number of ether oxygens (including phenoxy) is 1. The molecule has 2 aromatic rings.